The van der Waals surface area contributed by atoms with E-state index in [1.165, 1.54) is 11.3 Å². The Morgan fingerprint density at radius 1 is 1.45 bits per heavy atom. The number of hydrogen-bond donors (Lipinski definition) is 0. The summed E-state index contributed by atoms with van der Waals surface area (Å²) in [6, 6.07) is 5.63. The van der Waals surface area contributed by atoms with Gasteiger partial charge in [0.2, 0.25) is 0 Å². The fourth-order valence-corrected chi connectivity index (χ4v) is 3.65. The van der Waals surface area contributed by atoms with E-state index in [2.05, 4.69) is 5.10 Å². The molecule has 2 aromatic heterocycles. The lowest BCUT2D eigenvalue weighted by Gasteiger charge is -2.31. The molecule has 3 heterocycles. The van der Waals surface area contributed by atoms with Crippen LogP contribution in [0.1, 0.15) is 34.1 Å². The van der Waals surface area contributed by atoms with Crippen LogP contribution >= 0.6 is 22.9 Å². The van der Waals surface area contributed by atoms with Crippen molar-refractivity contribution in [1.82, 2.24) is 14.7 Å². The summed E-state index contributed by atoms with van der Waals surface area (Å²) in [7, 11) is 1.92. The van der Waals surface area contributed by atoms with E-state index >= 15 is 0 Å². The minimum Gasteiger partial charge on any atom is -0.337 e. The van der Waals surface area contributed by atoms with Crippen LogP contribution < -0.4 is 0 Å². The predicted molar refractivity (Wildman–Crippen MR) is 80.4 cm³/mol. The second kappa shape index (κ2) is 5.58. The first-order chi connectivity index (χ1) is 9.63. The number of thiophene rings is 1. The summed E-state index contributed by atoms with van der Waals surface area (Å²) in [6.07, 6.45) is 4.06. The number of likely N-dealkylation sites (tertiary alicyclic amines) is 1. The van der Waals surface area contributed by atoms with Crippen molar-refractivity contribution >= 4 is 28.8 Å². The molecule has 2 aromatic rings. The van der Waals surface area contributed by atoms with E-state index in [0.717, 1.165) is 36.5 Å². The summed E-state index contributed by atoms with van der Waals surface area (Å²) < 4.78 is 2.47. The third kappa shape index (κ3) is 2.74. The molecule has 0 aromatic carbocycles. The molecule has 0 saturated carbocycles. The third-order valence-corrected chi connectivity index (χ3v) is 4.86. The van der Waals surface area contributed by atoms with Gasteiger partial charge in [-0.2, -0.15) is 5.10 Å². The van der Waals surface area contributed by atoms with Crippen molar-refractivity contribution in [3.63, 3.8) is 0 Å². The summed E-state index contributed by atoms with van der Waals surface area (Å²) >= 11 is 7.25. The zero-order valence-corrected chi connectivity index (χ0v) is 12.8. The van der Waals surface area contributed by atoms with Gasteiger partial charge in [0.1, 0.15) is 0 Å². The highest BCUT2D eigenvalue weighted by molar-refractivity contribution is 7.17. The molecule has 1 amide bonds. The number of piperidine rings is 1. The summed E-state index contributed by atoms with van der Waals surface area (Å²) in [4.78, 5) is 15.1. The lowest BCUT2D eigenvalue weighted by molar-refractivity contribution is 0.0710. The Kier molecular flexibility index (Phi) is 3.81. The first kappa shape index (κ1) is 13.6. The van der Waals surface area contributed by atoms with Gasteiger partial charge in [0, 0.05) is 32.3 Å². The van der Waals surface area contributed by atoms with Gasteiger partial charge in [-0.25, -0.2) is 0 Å². The zero-order chi connectivity index (χ0) is 14.1. The van der Waals surface area contributed by atoms with E-state index in [9.17, 15) is 4.79 Å². The highest BCUT2D eigenvalue weighted by Crippen LogP contribution is 2.28. The van der Waals surface area contributed by atoms with E-state index in [1.54, 1.807) is 12.1 Å². The molecular weight excluding hydrogens is 294 g/mol. The maximum Gasteiger partial charge on any atom is 0.263 e. The molecule has 0 aliphatic carbocycles. The normalized spacial score (nSPS) is 19.3. The van der Waals surface area contributed by atoms with Crippen LogP contribution in [0.25, 0.3) is 0 Å². The maximum atomic E-state index is 12.4. The molecule has 0 bridgehead atoms. The monoisotopic (exact) mass is 309 g/mol. The van der Waals surface area contributed by atoms with Gasteiger partial charge in [-0.3, -0.25) is 9.48 Å². The lowest BCUT2D eigenvalue weighted by atomic mass is 9.95. The van der Waals surface area contributed by atoms with E-state index in [4.69, 9.17) is 11.6 Å². The Balaban J connectivity index is 1.73. The van der Waals surface area contributed by atoms with Crippen LogP contribution in [0.4, 0.5) is 0 Å². The van der Waals surface area contributed by atoms with Crippen LogP contribution in [0, 0.1) is 0 Å². The SMILES string of the molecule is Cn1ccc([C@@H]2CCCN(C(=O)c3ccc(Cl)s3)C2)n1. The van der Waals surface area contributed by atoms with Crippen LogP contribution in [0.3, 0.4) is 0 Å². The van der Waals surface area contributed by atoms with Crippen molar-refractivity contribution in [2.75, 3.05) is 13.1 Å². The Morgan fingerprint density at radius 2 is 2.30 bits per heavy atom. The molecule has 0 N–H and O–H groups in total. The molecule has 106 valence electrons. The topological polar surface area (TPSA) is 38.1 Å². The van der Waals surface area contributed by atoms with Crippen LogP contribution in [0.5, 0.6) is 0 Å². The second-order valence-electron chi connectivity index (χ2n) is 5.11. The Bertz CT molecular complexity index is 621. The second-order valence-corrected chi connectivity index (χ2v) is 6.82. The smallest absolute Gasteiger partial charge is 0.263 e. The highest BCUT2D eigenvalue weighted by atomic mass is 35.5. The number of halogens is 1. The van der Waals surface area contributed by atoms with Crippen molar-refractivity contribution in [3.8, 4) is 0 Å². The van der Waals surface area contributed by atoms with Crippen LogP contribution in [-0.4, -0.2) is 33.7 Å². The predicted octanol–water partition coefficient (Wildman–Crippen LogP) is 3.15. The Labute approximate surface area is 127 Å². The van der Waals surface area contributed by atoms with E-state index in [0.29, 0.717) is 10.3 Å². The Morgan fingerprint density at radius 3 is 2.95 bits per heavy atom. The number of rotatable bonds is 2. The molecule has 6 heteroatoms. The number of carbonyl (C=O) groups excluding carboxylic acids is 1. The number of aromatic nitrogens is 2. The minimum absolute atomic E-state index is 0.0857. The number of hydrogen-bond acceptors (Lipinski definition) is 3. The number of amides is 1. The average Bonchev–Trinajstić information content (AvgIpc) is 3.07. The minimum atomic E-state index is 0.0857. The standard InChI is InChI=1S/C14H16ClN3OS/c1-17-8-6-11(16-17)10-3-2-7-18(9-10)14(19)12-4-5-13(15)20-12/h4-6,8,10H,2-3,7,9H2,1H3/t10-/m1/s1. The largest absolute Gasteiger partial charge is 0.337 e. The van der Waals surface area contributed by atoms with Gasteiger partial charge >= 0.3 is 0 Å². The maximum absolute atomic E-state index is 12.4. The van der Waals surface area contributed by atoms with Gasteiger partial charge < -0.3 is 4.90 Å². The molecule has 1 fully saturated rings. The lowest BCUT2D eigenvalue weighted by Crippen LogP contribution is -2.38. The summed E-state index contributed by atoms with van der Waals surface area (Å²) in [5.41, 5.74) is 1.08. The van der Waals surface area contributed by atoms with Crippen molar-refractivity contribution in [2.24, 2.45) is 7.05 Å². The van der Waals surface area contributed by atoms with Crippen molar-refractivity contribution < 1.29 is 4.79 Å². The number of nitrogens with zero attached hydrogens (tertiary/aromatic N) is 3. The van der Waals surface area contributed by atoms with Crippen molar-refractivity contribution in [1.29, 1.82) is 0 Å². The molecular formula is C14H16ClN3OS. The molecule has 0 radical (unpaired) electrons. The van der Waals surface area contributed by atoms with Gasteiger partial charge in [-0.1, -0.05) is 11.6 Å². The molecule has 3 rings (SSSR count). The van der Waals surface area contributed by atoms with Crippen LogP contribution in [0.15, 0.2) is 24.4 Å². The molecule has 1 aliphatic heterocycles. The summed E-state index contributed by atoms with van der Waals surface area (Å²) in [5, 5.41) is 4.47. The molecule has 20 heavy (non-hydrogen) atoms. The molecule has 1 aliphatic rings. The quantitative estimate of drug-likeness (QED) is 0.854. The highest BCUT2D eigenvalue weighted by Gasteiger charge is 2.27. The van der Waals surface area contributed by atoms with Gasteiger partial charge in [-0.15, -0.1) is 11.3 Å². The van der Waals surface area contributed by atoms with Crippen LogP contribution in [0.2, 0.25) is 4.34 Å². The Hall–Kier alpha value is -1.33. The molecule has 0 unspecified atom stereocenters. The van der Waals surface area contributed by atoms with Gasteiger partial charge in [0.05, 0.1) is 14.9 Å². The van der Waals surface area contributed by atoms with Gasteiger partial charge in [0.15, 0.2) is 0 Å². The van der Waals surface area contributed by atoms with Crippen LogP contribution in [-0.2, 0) is 7.05 Å². The van der Waals surface area contributed by atoms with E-state index in [1.807, 2.05) is 28.9 Å². The third-order valence-electron chi connectivity index (χ3n) is 3.65. The van der Waals surface area contributed by atoms with Crippen molar-refractivity contribution in [2.45, 2.75) is 18.8 Å². The molecule has 4 nitrogen and oxygen atoms in total. The summed E-state index contributed by atoms with van der Waals surface area (Å²) in [5.74, 6) is 0.423. The number of carbonyl (C=O) groups is 1. The molecule has 0 spiro atoms. The molecule has 1 atom stereocenters. The zero-order valence-electron chi connectivity index (χ0n) is 11.3. The summed E-state index contributed by atoms with van der Waals surface area (Å²) in [6.45, 7) is 1.56. The van der Waals surface area contributed by atoms with Crippen molar-refractivity contribution in [3.05, 3.63) is 39.3 Å². The fraction of sp³-hybridized carbons (Fsp3) is 0.429. The fourth-order valence-electron chi connectivity index (χ4n) is 2.64. The van der Waals surface area contributed by atoms with Gasteiger partial charge in [0.25, 0.3) is 5.91 Å². The molecule has 1 saturated heterocycles. The first-order valence-corrected chi connectivity index (χ1v) is 7.87. The first-order valence-electron chi connectivity index (χ1n) is 6.67. The van der Waals surface area contributed by atoms with E-state index in [-0.39, 0.29) is 5.91 Å². The van der Waals surface area contributed by atoms with Gasteiger partial charge in [-0.05, 0) is 31.0 Å². The van der Waals surface area contributed by atoms with E-state index < -0.39 is 0 Å². The average molecular weight is 310 g/mol. The number of aryl methyl sites for hydroxylation is 1.